The predicted molar refractivity (Wildman–Crippen MR) is 105 cm³/mol. The number of amides is 2. The van der Waals surface area contributed by atoms with E-state index in [4.69, 9.17) is 14.7 Å². The third kappa shape index (κ3) is 3.14. The van der Waals surface area contributed by atoms with Crippen LogP contribution in [0.3, 0.4) is 0 Å². The maximum absolute atomic E-state index is 12.3. The van der Waals surface area contributed by atoms with E-state index in [1.54, 1.807) is 4.90 Å². The van der Waals surface area contributed by atoms with Gasteiger partial charge < -0.3 is 19.3 Å². The van der Waals surface area contributed by atoms with Crippen molar-refractivity contribution in [2.24, 2.45) is 5.41 Å². The highest BCUT2D eigenvalue weighted by Crippen LogP contribution is 2.52. The molecule has 4 rings (SSSR count). The molecule has 160 valence electrons. The fourth-order valence-corrected chi connectivity index (χ4v) is 5.96. The average molecular weight is 405 g/mol. The van der Waals surface area contributed by atoms with Crippen LogP contribution in [0.25, 0.3) is 0 Å². The molecule has 3 heterocycles. The molecule has 1 aliphatic carbocycles. The molecular weight excluding hydrogens is 372 g/mol. The van der Waals surface area contributed by atoms with Gasteiger partial charge in [0, 0.05) is 45.1 Å². The molecule has 4 aliphatic rings. The molecule has 2 amide bonds. The molecule has 29 heavy (non-hydrogen) atoms. The van der Waals surface area contributed by atoms with Crippen molar-refractivity contribution in [3.05, 3.63) is 0 Å². The van der Waals surface area contributed by atoms with E-state index in [0.717, 1.165) is 58.3 Å². The number of nitrogens with zero attached hydrogens (tertiary/aromatic N) is 4. The standard InChI is InChI=1S/C21H32N4O4/c1-4-28-17(26)24-9-5-20(15-24)13-16(14-20)23-10-6-21(7-11-23)19(2,3)25(12-8-22)18(27)29-21/h16H,4-7,9-15H2,1-3H3. The number of rotatable bonds is 3. The largest absolute Gasteiger partial charge is 0.450 e. The van der Waals surface area contributed by atoms with Gasteiger partial charge in [-0.2, -0.15) is 5.26 Å². The lowest BCUT2D eigenvalue weighted by Gasteiger charge is -2.54. The third-order valence-electron chi connectivity index (χ3n) is 7.95. The first-order valence-corrected chi connectivity index (χ1v) is 10.8. The second-order valence-electron chi connectivity index (χ2n) is 9.63. The summed E-state index contributed by atoms with van der Waals surface area (Å²) in [6.45, 7) is 9.79. The third-order valence-corrected chi connectivity index (χ3v) is 7.95. The molecule has 3 saturated heterocycles. The van der Waals surface area contributed by atoms with Crippen LogP contribution in [0.5, 0.6) is 0 Å². The fraction of sp³-hybridized carbons (Fsp3) is 0.857. The summed E-state index contributed by atoms with van der Waals surface area (Å²) in [5, 5.41) is 9.06. The van der Waals surface area contributed by atoms with Gasteiger partial charge in [0.2, 0.25) is 0 Å². The minimum absolute atomic E-state index is 0.0689. The van der Waals surface area contributed by atoms with Crippen LogP contribution >= 0.6 is 0 Å². The molecule has 3 aliphatic heterocycles. The lowest BCUT2D eigenvalue weighted by atomic mass is 9.63. The molecule has 4 fully saturated rings. The average Bonchev–Trinajstić information content (AvgIpc) is 3.17. The van der Waals surface area contributed by atoms with Crippen LogP contribution < -0.4 is 0 Å². The first kappa shape index (κ1) is 20.3. The smallest absolute Gasteiger partial charge is 0.411 e. The van der Waals surface area contributed by atoms with E-state index in [1.165, 1.54) is 0 Å². The van der Waals surface area contributed by atoms with E-state index in [-0.39, 0.29) is 24.1 Å². The lowest BCUT2D eigenvalue weighted by Crippen LogP contribution is -2.62. The molecule has 0 aromatic carbocycles. The number of hydrogen-bond acceptors (Lipinski definition) is 6. The number of piperidine rings is 1. The van der Waals surface area contributed by atoms with Gasteiger partial charge in [-0.3, -0.25) is 4.90 Å². The number of carbonyl (C=O) groups is 2. The second-order valence-corrected chi connectivity index (χ2v) is 9.63. The number of hydrogen-bond donors (Lipinski definition) is 0. The maximum atomic E-state index is 12.3. The number of carbonyl (C=O) groups excluding carboxylic acids is 2. The lowest BCUT2D eigenvalue weighted by molar-refractivity contribution is -0.0798. The van der Waals surface area contributed by atoms with Gasteiger partial charge in [0.1, 0.15) is 12.1 Å². The van der Waals surface area contributed by atoms with Crippen molar-refractivity contribution in [2.75, 3.05) is 39.3 Å². The quantitative estimate of drug-likeness (QED) is 0.672. The van der Waals surface area contributed by atoms with Gasteiger partial charge in [-0.05, 0) is 45.4 Å². The van der Waals surface area contributed by atoms with Gasteiger partial charge in [0.05, 0.1) is 18.2 Å². The number of ether oxygens (including phenoxy) is 2. The second kappa shape index (κ2) is 7.05. The molecule has 8 heteroatoms. The van der Waals surface area contributed by atoms with Crippen LogP contribution in [-0.4, -0.2) is 83.4 Å². The van der Waals surface area contributed by atoms with Crippen molar-refractivity contribution in [2.45, 2.75) is 70.1 Å². The van der Waals surface area contributed by atoms with Crippen molar-refractivity contribution in [3.8, 4) is 6.07 Å². The zero-order chi connectivity index (χ0) is 20.9. The monoisotopic (exact) mass is 404 g/mol. The van der Waals surface area contributed by atoms with Gasteiger partial charge in [-0.15, -0.1) is 0 Å². The SMILES string of the molecule is CCOC(=O)N1CCC2(CC(N3CCC4(CC3)OC(=O)N(CC#N)C4(C)C)C2)C1. The summed E-state index contributed by atoms with van der Waals surface area (Å²) in [5.41, 5.74) is -0.722. The summed E-state index contributed by atoms with van der Waals surface area (Å²) in [5.74, 6) is 0. The normalized spacial score (nSPS) is 32.9. The molecule has 0 unspecified atom stereocenters. The Morgan fingerprint density at radius 1 is 1.24 bits per heavy atom. The molecule has 0 N–H and O–H groups in total. The van der Waals surface area contributed by atoms with Crippen LogP contribution in [0.1, 0.15) is 52.9 Å². The van der Waals surface area contributed by atoms with Crippen molar-refractivity contribution in [1.82, 2.24) is 14.7 Å². The Labute approximate surface area is 172 Å². The predicted octanol–water partition coefficient (Wildman–Crippen LogP) is 2.59. The van der Waals surface area contributed by atoms with E-state index < -0.39 is 11.1 Å². The highest BCUT2D eigenvalue weighted by molar-refractivity contribution is 5.73. The molecule has 0 atom stereocenters. The van der Waals surface area contributed by atoms with Crippen LogP contribution in [0, 0.1) is 16.7 Å². The first-order chi connectivity index (χ1) is 13.8. The zero-order valence-electron chi connectivity index (χ0n) is 17.8. The first-order valence-electron chi connectivity index (χ1n) is 10.8. The summed E-state index contributed by atoms with van der Waals surface area (Å²) in [6, 6.07) is 2.63. The fourth-order valence-electron chi connectivity index (χ4n) is 5.96. The minimum Gasteiger partial charge on any atom is -0.450 e. The van der Waals surface area contributed by atoms with Gasteiger partial charge in [0.15, 0.2) is 0 Å². The molecule has 0 radical (unpaired) electrons. The molecule has 1 saturated carbocycles. The maximum Gasteiger partial charge on any atom is 0.411 e. The van der Waals surface area contributed by atoms with E-state index in [2.05, 4.69) is 11.0 Å². The van der Waals surface area contributed by atoms with Gasteiger partial charge in [-0.25, -0.2) is 9.59 Å². The Morgan fingerprint density at radius 2 is 1.93 bits per heavy atom. The van der Waals surface area contributed by atoms with Gasteiger partial charge in [0.25, 0.3) is 0 Å². The Hall–Kier alpha value is -2.01. The van der Waals surface area contributed by atoms with E-state index in [0.29, 0.717) is 12.6 Å². The van der Waals surface area contributed by atoms with Crippen molar-refractivity contribution < 1.29 is 19.1 Å². The molecule has 2 spiro atoms. The molecule has 0 aromatic heterocycles. The van der Waals surface area contributed by atoms with Crippen LogP contribution in [0.2, 0.25) is 0 Å². The number of nitriles is 1. The Morgan fingerprint density at radius 3 is 2.55 bits per heavy atom. The molecular formula is C21H32N4O4. The highest BCUT2D eigenvalue weighted by atomic mass is 16.6. The highest BCUT2D eigenvalue weighted by Gasteiger charge is 2.61. The molecule has 0 aromatic rings. The van der Waals surface area contributed by atoms with Gasteiger partial charge >= 0.3 is 12.2 Å². The Balaban J connectivity index is 1.31. The minimum atomic E-state index is -0.507. The van der Waals surface area contributed by atoms with Crippen LogP contribution in [-0.2, 0) is 9.47 Å². The summed E-state index contributed by atoms with van der Waals surface area (Å²) in [4.78, 5) is 30.3. The molecule has 8 nitrogen and oxygen atoms in total. The summed E-state index contributed by atoms with van der Waals surface area (Å²) in [7, 11) is 0. The van der Waals surface area contributed by atoms with E-state index in [9.17, 15) is 9.59 Å². The van der Waals surface area contributed by atoms with Crippen molar-refractivity contribution in [1.29, 1.82) is 5.26 Å². The van der Waals surface area contributed by atoms with Crippen molar-refractivity contribution >= 4 is 12.2 Å². The van der Waals surface area contributed by atoms with Crippen molar-refractivity contribution in [3.63, 3.8) is 0 Å². The van der Waals surface area contributed by atoms with Crippen LogP contribution in [0.4, 0.5) is 9.59 Å². The van der Waals surface area contributed by atoms with Gasteiger partial charge in [-0.1, -0.05) is 0 Å². The zero-order valence-corrected chi connectivity index (χ0v) is 17.8. The summed E-state index contributed by atoms with van der Waals surface area (Å²) in [6.07, 6.45) is 4.36. The summed E-state index contributed by atoms with van der Waals surface area (Å²) < 4.78 is 11.0. The topological polar surface area (TPSA) is 86.1 Å². The van der Waals surface area contributed by atoms with E-state index >= 15 is 0 Å². The number of likely N-dealkylation sites (tertiary alicyclic amines) is 2. The molecule has 0 bridgehead atoms. The Kier molecular flexibility index (Phi) is 4.93. The summed E-state index contributed by atoms with van der Waals surface area (Å²) >= 11 is 0. The van der Waals surface area contributed by atoms with Crippen LogP contribution in [0.15, 0.2) is 0 Å². The Bertz CT molecular complexity index is 717. The van der Waals surface area contributed by atoms with E-state index in [1.807, 2.05) is 25.7 Å².